The van der Waals surface area contributed by atoms with Crippen LogP contribution in [0.5, 0.6) is 0 Å². The number of aromatic carboxylic acids is 1. The van der Waals surface area contributed by atoms with E-state index in [4.69, 9.17) is 5.11 Å². The fourth-order valence-electron chi connectivity index (χ4n) is 1.59. The third kappa shape index (κ3) is 3.53. The van der Waals surface area contributed by atoms with E-state index in [-0.39, 0.29) is 23.2 Å². The summed E-state index contributed by atoms with van der Waals surface area (Å²) in [4.78, 5) is 38.0. The van der Waals surface area contributed by atoms with Crippen LogP contribution in [-0.4, -0.2) is 40.0 Å². The number of hydrogen-bond donors (Lipinski definition) is 3. The molecule has 106 valence electrons. The topological polar surface area (TPSA) is 108 Å². The van der Waals surface area contributed by atoms with Crippen LogP contribution < -0.4 is 10.6 Å². The third-order valence-electron chi connectivity index (χ3n) is 2.91. The number of hydrogen-bond acceptors (Lipinski definition) is 4. The Morgan fingerprint density at radius 3 is 2.70 bits per heavy atom. The van der Waals surface area contributed by atoms with Crippen molar-refractivity contribution < 1.29 is 19.5 Å². The highest BCUT2D eigenvalue weighted by atomic mass is 16.4. The van der Waals surface area contributed by atoms with Crippen LogP contribution in [0.2, 0.25) is 0 Å². The third-order valence-corrected chi connectivity index (χ3v) is 2.91. The van der Waals surface area contributed by atoms with E-state index in [1.54, 1.807) is 6.92 Å². The molecule has 1 fully saturated rings. The molecule has 3 N–H and O–H groups in total. The molecule has 0 aromatic carbocycles. The summed E-state index contributed by atoms with van der Waals surface area (Å²) in [7, 11) is 0. The first-order valence-corrected chi connectivity index (χ1v) is 6.28. The van der Waals surface area contributed by atoms with Gasteiger partial charge in [-0.2, -0.15) is 0 Å². The van der Waals surface area contributed by atoms with Crippen LogP contribution in [0.1, 0.15) is 40.6 Å². The highest BCUT2D eigenvalue weighted by Crippen LogP contribution is 2.18. The lowest BCUT2D eigenvalue weighted by Gasteiger charge is -2.13. The van der Waals surface area contributed by atoms with Gasteiger partial charge in [0.1, 0.15) is 11.7 Å². The van der Waals surface area contributed by atoms with Gasteiger partial charge in [0.2, 0.25) is 5.91 Å². The van der Waals surface area contributed by atoms with Crippen molar-refractivity contribution in [1.82, 2.24) is 15.6 Å². The number of nitrogens with one attached hydrogen (secondary N) is 2. The van der Waals surface area contributed by atoms with Gasteiger partial charge in [-0.1, -0.05) is 0 Å². The average Bonchev–Trinajstić information content (AvgIpc) is 3.22. The molecule has 0 radical (unpaired) electrons. The molecule has 20 heavy (non-hydrogen) atoms. The van der Waals surface area contributed by atoms with Crippen molar-refractivity contribution in [1.29, 1.82) is 0 Å². The van der Waals surface area contributed by atoms with E-state index in [1.165, 1.54) is 18.3 Å². The number of carbonyl (C=O) groups is 3. The molecule has 1 saturated carbocycles. The minimum atomic E-state index is -1.21. The summed E-state index contributed by atoms with van der Waals surface area (Å²) in [5.74, 6) is -1.96. The summed E-state index contributed by atoms with van der Waals surface area (Å²) in [6, 6.07) is 2.11. The second kappa shape index (κ2) is 5.68. The van der Waals surface area contributed by atoms with Gasteiger partial charge in [-0.25, -0.2) is 9.78 Å². The minimum absolute atomic E-state index is 0.156. The fourth-order valence-corrected chi connectivity index (χ4v) is 1.59. The Kier molecular flexibility index (Phi) is 3.97. The SMILES string of the molecule is CC(NC(=O)c1ccnc(C(=O)O)c1)C(=O)NC1CC1. The largest absolute Gasteiger partial charge is 0.477 e. The van der Waals surface area contributed by atoms with Gasteiger partial charge in [0.05, 0.1) is 0 Å². The second-order valence-electron chi connectivity index (χ2n) is 4.71. The minimum Gasteiger partial charge on any atom is -0.477 e. The molecule has 7 nitrogen and oxygen atoms in total. The molecule has 1 atom stereocenters. The van der Waals surface area contributed by atoms with Crippen molar-refractivity contribution in [3.63, 3.8) is 0 Å². The van der Waals surface area contributed by atoms with Crippen molar-refractivity contribution in [2.45, 2.75) is 31.8 Å². The molecule has 1 aromatic heterocycles. The monoisotopic (exact) mass is 277 g/mol. The van der Waals surface area contributed by atoms with Crippen LogP contribution in [0, 0.1) is 0 Å². The van der Waals surface area contributed by atoms with E-state index in [0.717, 1.165) is 12.8 Å². The number of amides is 2. The Balaban J connectivity index is 1.98. The van der Waals surface area contributed by atoms with Gasteiger partial charge in [0.15, 0.2) is 0 Å². The zero-order valence-corrected chi connectivity index (χ0v) is 10.9. The van der Waals surface area contributed by atoms with Crippen LogP contribution in [-0.2, 0) is 4.79 Å². The number of rotatable bonds is 5. The molecule has 0 spiro atoms. The van der Waals surface area contributed by atoms with Gasteiger partial charge >= 0.3 is 5.97 Å². The summed E-state index contributed by atoms with van der Waals surface area (Å²) in [5.41, 5.74) is -0.0591. The highest BCUT2D eigenvalue weighted by Gasteiger charge is 2.26. The lowest BCUT2D eigenvalue weighted by atomic mass is 10.2. The van der Waals surface area contributed by atoms with Crippen molar-refractivity contribution in [2.75, 3.05) is 0 Å². The number of aromatic nitrogens is 1. The maximum absolute atomic E-state index is 11.9. The van der Waals surface area contributed by atoms with E-state index in [2.05, 4.69) is 15.6 Å². The molecule has 1 unspecified atom stereocenters. The van der Waals surface area contributed by atoms with E-state index in [1.807, 2.05) is 0 Å². The Labute approximate surface area is 115 Å². The van der Waals surface area contributed by atoms with E-state index in [0.29, 0.717) is 0 Å². The summed E-state index contributed by atoms with van der Waals surface area (Å²) in [6.45, 7) is 1.58. The van der Waals surface area contributed by atoms with Crippen molar-refractivity contribution in [3.8, 4) is 0 Å². The van der Waals surface area contributed by atoms with Gasteiger partial charge in [-0.15, -0.1) is 0 Å². The lowest BCUT2D eigenvalue weighted by Crippen LogP contribution is -2.45. The number of nitrogens with zero attached hydrogens (tertiary/aromatic N) is 1. The summed E-state index contributed by atoms with van der Waals surface area (Å²) in [6.07, 6.45) is 3.19. The lowest BCUT2D eigenvalue weighted by molar-refractivity contribution is -0.122. The maximum atomic E-state index is 11.9. The maximum Gasteiger partial charge on any atom is 0.354 e. The molecule has 7 heteroatoms. The summed E-state index contributed by atoms with van der Waals surface area (Å²) in [5, 5.41) is 14.1. The van der Waals surface area contributed by atoms with Gasteiger partial charge in [-0.05, 0) is 31.9 Å². The molecular formula is C13H15N3O4. The number of pyridine rings is 1. The molecule has 0 bridgehead atoms. The summed E-state index contributed by atoms with van der Waals surface area (Å²) < 4.78 is 0. The Hall–Kier alpha value is -2.44. The van der Waals surface area contributed by atoms with Gasteiger partial charge in [0, 0.05) is 17.8 Å². The normalized spacial score (nSPS) is 15.2. The van der Waals surface area contributed by atoms with Crippen LogP contribution in [0.25, 0.3) is 0 Å². The molecule has 0 aliphatic heterocycles. The zero-order chi connectivity index (χ0) is 14.7. The average molecular weight is 277 g/mol. The second-order valence-corrected chi connectivity index (χ2v) is 4.71. The zero-order valence-electron chi connectivity index (χ0n) is 10.9. The molecule has 0 saturated heterocycles. The van der Waals surface area contributed by atoms with Crippen LogP contribution >= 0.6 is 0 Å². The molecule has 1 heterocycles. The highest BCUT2D eigenvalue weighted by molar-refractivity contribution is 5.99. The first-order valence-electron chi connectivity index (χ1n) is 6.28. The molecule has 1 aromatic rings. The number of carboxylic acid groups (broad SMARTS) is 1. The first-order chi connectivity index (χ1) is 9.47. The quantitative estimate of drug-likeness (QED) is 0.711. The van der Waals surface area contributed by atoms with Gasteiger partial charge < -0.3 is 15.7 Å². The molecule has 2 amide bonds. The summed E-state index contributed by atoms with van der Waals surface area (Å²) >= 11 is 0. The van der Waals surface area contributed by atoms with E-state index >= 15 is 0 Å². The predicted molar refractivity (Wildman–Crippen MR) is 69.3 cm³/mol. The number of carboxylic acids is 1. The van der Waals surface area contributed by atoms with E-state index < -0.39 is 17.9 Å². The van der Waals surface area contributed by atoms with Gasteiger partial charge in [-0.3, -0.25) is 9.59 Å². The fraction of sp³-hybridized carbons (Fsp3) is 0.385. The van der Waals surface area contributed by atoms with Crippen molar-refractivity contribution >= 4 is 17.8 Å². The van der Waals surface area contributed by atoms with E-state index in [9.17, 15) is 14.4 Å². The molecule has 2 rings (SSSR count). The van der Waals surface area contributed by atoms with Crippen LogP contribution in [0.4, 0.5) is 0 Å². The van der Waals surface area contributed by atoms with Crippen molar-refractivity contribution in [2.24, 2.45) is 0 Å². The smallest absolute Gasteiger partial charge is 0.354 e. The molecule has 1 aliphatic rings. The first kappa shape index (κ1) is 14.0. The predicted octanol–water partition coefficient (Wildman–Crippen LogP) is 0.177. The standard InChI is InChI=1S/C13H15N3O4/c1-7(11(17)16-9-2-3-9)15-12(18)8-4-5-14-10(6-8)13(19)20/h4-7,9H,2-3H2,1H3,(H,15,18)(H,16,17)(H,19,20). The Bertz CT molecular complexity index is 554. The molecular weight excluding hydrogens is 262 g/mol. The van der Waals surface area contributed by atoms with Crippen molar-refractivity contribution in [3.05, 3.63) is 29.6 Å². The van der Waals surface area contributed by atoms with Gasteiger partial charge in [0.25, 0.3) is 5.91 Å². The van der Waals surface area contributed by atoms with Crippen LogP contribution in [0.15, 0.2) is 18.3 Å². The van der Waals surface area contributed by atoms with Crippen LogP contribution in [0.3, 0.4) is 0 Å². The molecule has 1 aliphatic carbocycles. The Morgan fingerprint density at radius 2 is 2.10 bits per heavy atom. The Morgan fingerprint density at radius 1 is 1.40 bits per heavy atom. The number of carbonyl (C=O) groups excluding carboxylic acids is 2.